The Bertz CT molecular complexity index is 900. The zero-order chi connectivity index (χ0) is 18.4. The number of halogens is 2. The highest BCUT2D eigenvalue weighted by atomic mass is 79.9. The van der Waals surface area contributed by atoms with Crippen LogP contribution in [0.2, 0.25) is 0 Å². The normalized spacial score (nSPS) is 10.7. The molecule has 134 valence electrons. The number of rotatable bonds is 7. The summed E-state index contributed by atoms with van der Waals surface area (Å²) in [6.45, 7) is 0.550. The van der Waals surface area contributed by atoms with E-state index >= 15 is 0 Å². The standard InChI is InChI=1S/C19H17BrFN3OS/c20-15-6-2-1-5-14(15)13-24-18(9-11-22-24)23-19(25)10-12-26-17-8-4-3-7-16(17)21/h1-9,11H,10,12-13H2,(H,23,25). The molecule has 3 rings (SSSR count). The summed E-state index contributed by atoms with van der Waals surface area (Å²) in [7, 11) is 0. The molecule has 1 aromatic heterocycles. The van der Waals surface area contributed by atoms with Crippen molar-refractivity contribution in [2.45, 2.75) is 17.9 Å². The molecule has 0 saturated carbocycles. The largest absolute Gasteiger partial charge is 0.311 e. The lowest BCUT2D eigenvalue weighted by Gasteiger charge is -2.10. The molecule has 0 bridgehead atoms. The second-order valence-corrected chi connectivity index (χ2v) is 7.53. The Labute approximate surface area is 163 Å². The van der Waals surface area contributed by atoms with E-state index in [-0.39, 0.29) is 11.7 Å². The molecule has 0 aliphatic carbocycles. The van der Waals surface area contributed by atoms with E-state index in [9.17, 15) is 9.18 Å². The number of anilines is 1. The van der Waals surface area contributed by atoms with Gasteiger partial charge in [0.2, 0.25) is 5.91 Å². The van der Waals surface area contributed by atoms with Crippen LogP contribution < -0.4 is 5.32 Å². The molecule has 1 N–H and O–H groups in total. The summed E-state index contributed by atoms with van der Waals surface area (Å²) in [5.41, 5.74) is 1.07. The van der Waals surface area contributed by atoms with Crippen molar-refractivity contribution in [3.63, 3.8) is 0 Å². The smallest absolute Gasteiger partial charge is 0.226 e. The highest BCUT2D eigenvalue weighted by Crippen LogP contribution is 2.22. The van der Waals surface area contributed by atoms with Crippen LogP contribution >= 0.6 is 27.7 Å². The maximum atomic E-state index is 13.6. The van der Waals surface area contributed by atoms with Gasteiger partial charge in [-0.05, 0) is 23.8 Å². The molecule has 0 unspecified atom stereocenters. The lowest BCUT2D eigenvalue weighted by atomic mass is 10.2. The van der Waals surface area contributed by atoms with Crippen LogP contribution in [0.4, 0.5) is 10.2 Å². The first-order valence-corrected chi connectivity index (χ1v) is 9.84. The summed E-state index contributed by atoms with van der Waals surface area (Å²) in [4.78, 5) is 12.7. The molecule has 7 heteroatoms. The maximum absolute atomic E-state index is 13.6. The van der Waals surface area contributed by atoms with Crippen LogP contribution in [0.5, 0.6) is 0 Å². The third-order valence-corrected chi connectivity index (χ3v) is 5.51. The first kappa shape index (κ1) is 18.7. The number of amides is 1. The van der Waals surface area contributed by atoms with Crippen molar-refractivity contribution in [1.29, 1.82) is 0 Å². The van der Waals surface area contributed by atoms with E-state index in [0.717, 1.165) is 10.0 Å². The lowest BCUT2D eigenvalue weighted by molar-refractivity contribution is -0.115. The maximum Gasteiger partial charge on any atom is 0.226 e. The predicted octanol–water partition coefficient (Wildman–Crippen LogP) is 4.95. The van der Waals surface area contributed by atoms with Gasteiger partial charge in [0.25, 0.3) is 0 Å². The summed E-state index contributed by atoms with van der Waals surface area (Å²) >= 11 is 4.85. The molecule has 0 spiro atoms. The number of nitrogens with one attached hydrogen (secondary N) is 1. The van der Waals surface area contributed by atoms with Crippen LogP contribution in [0, 0.1) is 5.82 Å². The van der Waals surface area contributed by atoms with Gasteiger partial charge >= 0.3 is 0 Å². The number of nitrogens with zero attached hydrogens (tertiary/aromatic N) is 2. The second kappa shape index (κ2) is 9.00. The average Bonchev–Trinajstić information content (AvgIpc) is 3.05. The van der Waals surface area contributed by atoms with Gasteiger partial charge in [-0.3, -0.25) is 4.79 Å². The third kappa shape index (κ3) is 4.95. The van der Waals surface area contributed by atoms with Crippen LogP contribution in [0.25, 0.3) is 0 Å². The number of hydrogen-bond acceptors (Lipinski definition) is 3. The summed E-state index contributed by atoms with van der Waals surface area (Å²) in [6, 6.07) is 16.2. The van der Waals surface area contributed by atoms with Gasteiger partial charge in [-0.25, -0.2) is 9.07 Å². The van der Waals surface area contributed by atoms with E-state index in [0.29, 0.717) is 29.4 Å². The molecular weight excluding hydrogens is 417 g/mol. The van der Waals surface area contributed by atoms with Crippen molar-refractivity contribution >= 4 is 39.4 Å². The highest BCUT2D eigenvalue weighted by Gasteiger charge is 2.10. The van der Waals surface area contributed by atoms with E-state index in [1.165, 1.54) is 17.8 Å². The average molecular weight is 434 g/mol. The van der Waals surface area contributed by atoms with Crippen LogP contribution in [0.1, 0.15) is 12.0 Å². The van der Waals surface area contributed by atoms with Gasteiger partial charge in [0, 0.05) is 27.6 Å². The second-order valence-electron chi connectivity index (χ2n) is 5.54. The molecule has 3 aromatic rings. The molecular formula is C19H17BrFN3OS. The molecule has 2 aromatic carbocycles. The molecule has 1 heterocycles. The van der Waals surface area contributed by atoms with Crippen LogP contribution in [-0.2, 0) is 11.3 Å². The van der Waals surface area contributed by atoms with Crippen LogP contribution in [0.15, 0.2) is 70.2 Å². The number of hydrogen-bond donors (Lipinski definition) is 1. The lowest BCUT2D eigenvalue weighted by Crippen LogP contribution is -2.16. The number of benzene rings is 2. The number of thioether (sulfide) groups is 1. The first-order valence-electron chi connectivity index (χ1n) is 8.06. The van der Waals surface area contributed by atoms with Crippen molar-refractivity contribution < 1.29 is 9.18 Å². The van der Waals surface area contributed by atoms with E-state index < -0.39 is 0 Å². The fraction of sp³-hybridized carbons (Fsp3) is 0.158. The molecule has 0 aliphatic rings. The summed E-state index contributed by atoms with van der Waals surface area (Å²) in [5.74, 6) is 0.763. The van der Waals surface area contributed by atoms with Crippen molar-refractivity contribution in [1.82, 2.24) is 9.78 Å². The highest BCUT2D eigenvalue weighted by molar-refractivity contribution is 9.10. The molecule has 1 amide bonds. The molecule has 0 aliphatic heterocycles. The molecule has 0 radical (unpaired) electrons. The zero-order valence-electron chi connectivity index (χ0n) is 13.9. The molecule has 0 fully saturated rings. The zero-order valence-corrected chi connectivity index (χ0v) is 16.3. The van der Waals surface area contributed by atoms with E-state index in [1.807, 2.05) is 24.3 Å². The van der Waals surface area contributed by atoms with Gasteiger partial charge in [0.1, 0.15) is 11.6 Å². The van der Waals surface area contributed by atoms with Crippen molar-refractivity contribution in [3.05, 3.63) is 76.6 Å². The van der Waals surface area contributed by atoms with Gasteiger partial charge in [-0.2, -0.15) is 5.10 Å². The van der Waals surface area contributed by atoms with E-state index in [1.54, 1.807) is 35.1 Å². The predicted molar refractivity (Wildman–Crippen MR) is 106 cm³/mol. The number of carbonyl (C=O) groups excluding carboxylic acids is 1. The Morgan fingerprint density at radius 1 is 1.15 bits per heavy atom. The fourth-order valence-electron chi connectivity index (χ4n) is 2.37. The first-order chi connectivity index (χ1) is 12.6. The summed E-state index contributed by atoms with van der Waals surface area (Å²) < 4.78 is 16.3. The molecule has 0 saturated heterocycles. The minimum atomic E-state index is -0.260. The van der Waals surface area contributed by atoms with Gasteiger partial charge in [-0.15, -0.1) is 11.8 Å². The van der Waals surface area contributed by atoms with Gasteiger partial charge in [0.15, 0.2) is 0 Å². The van der Waals surface area contributed by atoms with Crippen molar-refractivity contribution in [2.75, 3.05) is 11.1 Å². The topological polar surface area (TPSA) is 46.9 Å². The molecule has 4 nitrogen and oxygen atoms in total. The molecule has 26 heavy (non-hydrogen) atoms. The Balaban J connectivity index is 1.54. The third-order valence-electron chi connectivity index (χ3n) is 3.69. The van der Waals surface area contributed by atoms with Crippen molar-refractivity contribution in [3.8, 4) is 0 Å². The van der Waals surface area contributed by atoms with Gasteiger partial charge in [0.05, 0.1) is 12.7 Å². The van der Waals surface area contributed by atoms with E-state index in [2.05, 4.69) is 26.3 Å². The Hall–Kier alpha value is -2.12. The fourth-order valence-corrected chi connectivity index (χ4v) is 3.67. The quantitative estimate of drug-likeness (QED) is 0.535. The van der Waals surface area contributed by atoms with Gasteiger partial charge in [-0.1, -0.05) is 46.3 Å². The minimum absolute atomic E-state index is 0.122. The molecule has 0 atom stereocenters. The minimum Gasteiger partial charge on any atom is -0.311 e. The van der Waals surface area contributed by atoms with Crippen molar-refractivity contribution in [2.24, 2.45) is 0 Å². The SMILES string of the molecule is O=C(CCSc1ccccc1F)Nc1ccnn1Cc1ccccc1Br. The Kier molecular flexibility index (Phi) is 6.46. The monoisotopic (exact) mass is 433 g/mol. The number of carbonyl (C=O) groups is 1. The summed E-state index contributed by atoms with van der Waals surface area (Å²) in [6.07, 6.45) is 1.94. The van der Waals surface area contributed by atoms with Crippen LogP contribution in [-0.4, -0.2) is 21.4 Å². The Morgan fingerprint density at radius 3 is 2.73 bits per heavy atom. The number of aromatic nitrogens is 2. The Morgan fingerprint density at radius 2 is 1.92 bits per heavy atom. The summed E-state index contributed by atoms with van der Waals surface area (Å²) in [5, 5.41) is 7.14. The van der Waals surface area contributed by atoms with Gasteiger partial charge < -0.3 is 5.32 Å². The van der Waals surface area contributed by atoms with E-state index in [4.69, 9.17) is 0 Å². The van der Waals surface area contributed by atoms with Crippen LogP contribution in [0.3, 0.4) is 0 Å².